The van der Waals surface area contributed by atoms with Gasteiger partial charge in [0.25, 0.3) is 11.6 Å². The molecule has 0 aliphatic rings. The molecule has 1 N–H and O–H groups in total. The molecular weight excluding hydrogens is 537 g/mol. The Bertz CT molecular complexity index is 1280. The number of nitro groups is 1. The average molecular weight is 551 g/mol. The van der Waals surface area contributed by atoms with Gasteiger partial charge in [0.2, 0.25) is 0 Å². The van der Waals surface area contributed by atoms with Gasteiger partial charge < -0.3 is 4.18 Å². The summed E-state index contributed by atoms with van der Waals surface area (Å²) in [4.78, 5) is 22.0. The van der Waals surface area contributed by atoms with Gasteiger partial charge in [0.05, 0.1) is 11.1 Å². The maximum absolute atomic E-state index is 12.6. The van der Waals surface area contributed by atoms with Crippen molar-refractivity contribution in [1.82, 2.24) is 5.43 Å². The number of nitrogens with zero attached hydrogens (tertiary/aromatic N) is 2. The Morgan fingerprint density at radius 1 is 1.06 bits per heavy atom. The largest absolute Gasteiger partial charge is 0.378 e. The number of hydrazone groups is 1. The summed E-state index contributed by atoms with van der Waals surface area (Å²) in [7, 11) is -4.34. The first-order valence-electron chi connectivity index (χ1n) is 8.63. The molecule has 0 heterocycles. The summed E-state index contributed by atoms with van der Waals surface area (Å²) in [6.07, 6.45) is 1.24. The Morgan fingerprint density at radius 2 is 1.81 bits per heavy atom. The van der Waals surface area contributed by atoms with E-state index in [0.717, 1.165) is 9.64 Å². The van der Waals surface area contributed by atoms with E-state index in [2.05, 4.69) is 33.1 Å². The van der Waals surface area contributed by atoms with Crippen molar-refractivity contribution in [2.45, 2.75) is 4.90 Å². The van der Waals surface area contributed by atoms with Crippen molar-refractivity contribution in [3.63, 3.8) is 0 Å². The summed E-state index contributed by atoms with van der Waals surface area (Å²) < 4.78 is 31.2. The van der Waals surface area contributed by atoms with Crippen LogP contribution < -0.4 is 9.61 Å². The third kappa shape index (κ3) is 5.86. The van der Waals surface area contributed by atoms with E-state index in [4.69, 9.17) is 4.18 Å². The fourth-order valence-corrected chi connectivity index (χ4v) is 3.97. The number of halogens is 1. The number of non-ortho nitro benzene ring substituents is 1. The number of amides is 1. The van der Waals surface area contributed by atoms with Gasteiger partial charge in [0.15, 0.2) is 5.75 Å². The van der Waals surface area contributed by atoms with Crippen molar-refractivity contribution < 1.29 is 22.3 Å². The van der Waals surface area contributed by atoms with Crippen LogP contribution in [0.5, 0.6) is 5.75 Å². The second kappa shape index (κ2) is 9.66. The van der Waals surface area contributed by atoms with E-state index in [0.29, 0.717) is 5.56 Å². The molecule has 0 saturated carbocycles. The van der Waals surface area contributed by atoms with E-state index in [1.165, 1.54) is 30.5 Å². The van der Waals surface area contributed by atoms with Crippen LogP contribution in [-0.2, 0) is 10.1 Å². The highest BCUT2D eigenvalue weighted by molar-refractivity contribution is 14.1. The molecule has 0 fully saturated rings. The van der Waals surface area contributed by atoms with E-state index in [1.807, 2.05) is 6.07 Å². The molecule has 0 bridgehead atoms. The molecule has 0 saturated heterocycles. The molecule has 0 aromatic heterocycles. The first-order valence-corrected chi connectivity index (χ1v) is 11.1. The molecule has 0 spiro atoms. The summed E-state index contributed by atoms with van der Waals surface area (Å²) in [5.74, 6) is -0.487. The van der Waals surface area contributed by atoms with Crippen LogP contribution in [0.3, 0.4) is 0 Å². The van der Waals surface area contributed by atoms with E-state index in [-0.39, 0.29) is 21.9 Å². The number of para-hydroxylation sites is 1. The zero-order valence-corrected chi connectivity index (χ0v) is 18.6. The maximum atomic E-state index is 12.6. The second-order valence-corrected chi connectivity index (χ2v) is 8.83. The molecule has 3 aromatic carbocycles. The molecule has 0 unspecified atom stereocenters. The van der Waals surface area contributed by atoms with Gasteiger partial charge in [-0.15, -0.1) is 0 Å². The second-order valence-electron chi connectivity index (χ2n) is 6.04. The van der Waals surface area contributed by atoms with Crippen molar-refractivity contribution in [3.05, 3.63) is 97.6 Å². The Kier molecular flexibility index (Phi) is 6.97. The molecular formula is C20H14IN3O6S. The Labute approximate surface area is 191 Å². The van der Waals surface area contributed by atoms with Gasteiger partial charge in [0.1, 0.15) is 4.90 Å². The minimum Gasteiger partial charge on any atom is -0.378 e. The van der Waals surface area contributed by atoms with Crippen LogP contribution in [-0.4, -0.2) is 25.5 Å². The standard InChI is InChI=1S/C20H14IN3O6S/c21-16-7-3-6-14(11-16)20(25)23-22-13-15-5-1-2-10-19(15)30-31(28,29)18-9-4-8-17(12-18)24(26)27/h1-13H,(H,23,25)/b22-13-. The normalized spacial score (nSPS) is 11.3. The third-order valence-electron chi connectivity index (χ3n) is 3.89. The third-order valence-corrected chi connectivity index (χ3v) is 5.79. The number of hydrogen-bond acceptors (Lipinski definition) is 7. The quantitative estimate of drug-likeness (QED) is 0.157. The summed E-state index contributed by atoms with van der Waals surface area (Å²) in [5.41, 5.74) is 2.68. The number of nitro benzene ring substituents is 1. The Hall–Kier alpha value is -3.32. The van der Waals surface area contributed by atoms with Crippen LogP contribution in [0.15, 0.2) is 82.8 Å². The van der Waals surface area contributed by atoms with E-state index in [1.54, 1.807) is 36.4 Å². The molecule has 1 amide bonds. The molecule has 31 heavy (non-hydrogen) atoms. The molecule has 0 atom stereocenters. The number of benzene rings is 3. The minimum atomic E-state index is -4.34. The summed E-state index contributed by atoms with van der Waals surface area (Å²) >= 11 is 2.08. The van der Waals surface area contributed by atoms with Gasteiger partial charge in [0, 0.05) is 26.8 Å². The van der Waals surface area contributed by atoms with Gasteiger partial charge in [-0.2, -0.15) is 13.5 Å². The average Bonchev–Trinajstić information content (AvgIpc) is 2.74. The molecule has 0 aliphatic heterocycles. The van der Waals surface area contributed by atoms with E-state index >= 15 is 0 Å². The molecule has 158 valence electrons. The highest BCUT2D eigenvalue weighted by Crippen LogP contribution is 2.24. The number of carbonyl (C=O) groups is 1. The van der Waals surface area contributed by atoms with Crippen molar-refractivity contribution in [2.24, 2.45) is 5.10 Å². The zero-order valence-electron chi connectivity index (χ0n) is 15.6. The van der Waals surface area contributed by atoms with Crippen molar-refractivity contribution in [1.29, 1.82) is 0 Å². The Balaban J connectivity index is 1.79. The number of nitrogens with one attached hydrogen (secondary N) is 1. The van der Waals surface area contributed by atoms with Crippen LogP contribution in [0.25, 0.3) is 0 Å². The lowest BCUT2D eigenvalue weighted by Crippen LogP contribution is -2.17. The van der Waals surface area contributed by atoms with E-state index < -0.39 is 20.9 Å². The summed E-state index contributed by atoms with van der Waals surface area (Å²) in [5, 5.41) is 14.8. The molecule has 3 aromatic rings. The van der Waals surface area contributed by atoms with Crippen molar-refractivity contribution >= 4 is 50.5 Å². The first-order chi connectivity index (χ1) is 14.8. The molecule has 3 rings (SSSR count). The van der Waals surface area contributed by atoms with Crippen LogP contribution >= 0.6 is 22.6 Å². The lowest BCUT2D eigenvalue weighted by molar-refractivity contribution is -0.385. The van der Waals surface area contributed by atoms with Gasteiger partial charge >= 0.3 is 10.1 Å². The van der Waals surface area contributed by atoms with Gasteiger partial charge in [-0.05, 0) is 59.0 Å². The summed E-state index contributed by atoms with van der Waals surface area (Å²) in [6.45, 7) is 0. The van der Waals surface area contributed by atoms with Crippen LogP contribution in [0.2, 0.25) is 0 Å². The number of rotatable bonds is 7. The van der Waals surface area contributed by atoms with Gasteiger partial charge in [-0.1, -0.05) is 24.3 Å². The highest BCUT2D eigenvalue weighted by atomic mass is 127. The van der Waals surface area contributed by atoms with E-state index in [9.17, 15) is 23.3 Å². The highest BCUT2D eigenvalue weighted by Gasteiger charge is 2.21. The monoisotopic (exact) mass is 551 g/mol. The van der Waals surface area contributed by atoms with Crippen molar-refractivity contribution in [3.8, 4) is 5.75 Å². The van der Waals surface area contributed by atoms with Gasteiger partial charge in [-0.3, -0.25) is 14.9 Å². The summed E-state index contributed by atoms with van der Waals surface area (Å²) in [6, 6.07) is 17.6. The zero-order chi connectivity index (χ0) is 22.4. The molecule has 11 heteroatoms. The van der Waals surface area contributed by atoms with Crippen molar-refractivity contribution in [2.75, 3.05) is 0 Å². The number of hydrogen-bond donors (Lipinski definition) is 1. The molecule has 9 nitrogen and oxygen atoms in total. The molecule has 0 aliphatic carbocycles. The SMILES string of the molecule is O=C(N/N=C\c1ccccc1OS(=O)(=O)c1cccc([N+](=O)[O-])c1)c1cccc(I)c1. The minimum absolute atomic E-state index is 0.0544. The van der Waals surface area contributed by atoms with Crippen LogP contribution in [0.4, 0.5) is 5.69 Å². The maximum Gasteiger partial charge on any atom is 0.339 e. The lowest BCUT2D eigenvalue weighted by atomic mass is 10.2. The first kappa shape index (κ1) is 22.4. The van der Waals surface area contributed by atoms with Crippen LogP contribution in [0.1, 0.15) is 15.9 Å². The fraction of sp³-hybridized carbons (Fsp3) is 0. The predicted molar refractivity (Wildman–Crippen MR) is 122 cm³/mol. The lowest BCUT2D eigenvalue weighted by Gasteiger charge is -2.09. The predicted octanol–water partition coefficient (Wildman–Crippen LogP) is 3.73. The smallest absolute Gasteiger partial charge is 0.339 e. The number of carbonyl (C=O) groups excluding carboxylic acids is 1. The topological polar surface area (TPSA) is 128 Å². The Morgan fingerprint density at radius 3 is 2.55 bits per heavy atom. The van der Waals surface area contributed by atoms with Crippen LogP contribution in [0, 0.1) is 13.7 Å². The van der Waals surface area contributed by atoms with Gasteiger partial charge in [-0.25, -0.2) is 5.43 Å². The fourth-order valence-electron chi connectivity index (χ4n) is 2.44. The molecule has 0 radical (unpaired) electrons.